The number of nitrogens with zero attached hydrogens (tertiary/aromatic N) is 2. The lowest BCUT2D eigenvalue weighted by atomic mass is 9.79. The van der Waals surface area contributed by atoms with E-state index in [1.165, 1.54) is 18.3 Å². The van der Waals surface area contributed by atoms with E-state index in [-0.39, 0.29) is 36.0 Å². The molecule has 0 unspecified atom stereocenters. The molecular weight excluding hydrogens is 543 g/mol. The molecule has 0 radical (unpaired) electrons. The number of amides is 1. The van der Waals surface area contributed by atoms with Gasteiger partial charge in [-0.15, -0.1) is 0 Å². The van der Waals surface area contributed by atoms with E-state index in [9.17, 15) is 31.5 Å². The third-order valence-electron chi connectivity index (χ3n) is 8.25. The lowest BCUT2D eigenvalue weighted by molar-refractivity contribution is -0.183. The predicted molar refractivity (Wildman–Crippen MR) is 145 cm³/mol. The summed E-state index contributed by atoms with van der Waals surface area (Å²) in [5.74, 6) is -1.46. The van der Waals surface area contributed by atoms with Crippen LogP contribution in [-0.2, 0) is 16.3 Å². The monoisotopic (exact) mass is 577 g/mol. The number of alkyl halides is 3. The molecule has 3 aromatic rings. The molecule has 2 saturated carbocycles. The molecule has 7 nitrogen and oxygen atoms in total. The largest absolute Gasteiger partial charge is 0.394 e. The number of aliphatic hydroxyl groups is 1. The van der Waals surface area contributed by atoms with Gasteiger partial charge >= 0.3 is 6.18 Å². The van der Waals surface area contributed by atoms with Crippen molar-refractivity contribution in [3.8, 4) is 0 Å². The van der Waals surface area contributed by atoms with Crippen molar-refractivity contribution in [1.29, 1.82) is 0 Å². The Morgan fingerprint density at radius 2 is 1.77 bits per heavy atom. The highest BCUT2D eigenvalue weighted by Gasteiger charge is 2.41. The molecule has 2 fully saturated rings. The number of pyridine rings is 1. The summed E-state index contributed by atoms with van der Waals surface area (Å²) in [5, 5.41) is 13.5. The molecule has 0 saturated heterocycles. The van der Waals surface area contributed by atoms with E-state index in [2.05, 4.69) is 14.9 Å². The Labute approximate surface area is 231 Å². The van der Waals surface area contributed by atoms with Gasteiger partial charge in [-0.25, -0.2) is 13.4 Å². The van der Waals surface area contributed by atoms with Crippen LogP contribution < -0.4 is 5.32 Å². The highest BCUT2D eigenvalue weighted by Crippen LogP contribution is 2.43. The quantitative estimate of drug-likeness (QED) is 0.348. The number of benzene rings is 1. The molecule has 2 N–H and O–H groups in total. The van der Waals surface area contributed by atoms with Gasteiger partial charge in [0.25, 0.3) is 5.91 Å². The normalized spacial score (nSPS) is 20.9. The van der Waals surface area contributed by atoms with Crippen molar-refractivity contribution in [2.45, 2.75) is 75.0 Å². The fourth-order valence-corrected chi connectivity index (χ4v) is 6.61. The summed E-state index contributed by atoms with van der Waals surface area (Å²) in [7, 11) is -3.36. The van der Waals surface area contributed by atoms with Crippen LogP contribution in [0.3, 0.4) is 0 Å². The van der Waals surface area contributed by atoms with Gasteiger partial charge in [0, 0.05) is 23.3 Å². The molecule has 2 aliphatic rings. The van der Waals surface area contributed by atoms with E-state index in [0.717, 1.165) is 29.6 Å². The van der Waals surface area contributed by atoms with Crippen LogP contribution in [0.25, 0.3) is 11.0 Å². The third-order valence-corrected chi connectivity index (χ3v) is 10.00. The highest BCUT2D eigenvalue weighted by molar-refractivity contribution is 7.91. The maximum absolute atomic E-state index is 13.1. The minimum Gasteiger partial charge on any atom is -0.394 e. The summed E-state index contributed by atoms with van der Waals surface area (Å²) >= 11 is 0. The maximum atomic E-state index is 13.1. The fourth-order valence-electron chi connectivity index (χ4n) is 5.73. The number of halogens is 3. The third kappa shape index (κ3) is 6.05. The summed E-state index contributed by atoms with van der Waals surface area (Å²) in [6, 6.07) is 9.44. The SMILES string of the molecule is CCS(=O)(=O)c1ccc([C@H](CO)NC(=O)c2cnc3c(c2)cc(C[C@H]2CC[C@H](C(F)(F)F)CC2)n3C2CC2)cc1. The molecule has 5 rings (SSSR count). The summed E-state index contributed by atoms with van der Waals surface area (Å²) in [5.41, 5.74) is 2.71. The van der Waals surface area contributed by atoms with Crippen molar-refractivity contribution < 1.29 is 31.5 Å². The molecule has 0 aliphatic heterocycles. The molecule has 0 spiro atoms. The molecule has 2 aromatic heterocycles. The Bertz CT molecular complexity index is 1470. The Kier molecular flexibility index (Phi) is 7.98. The summed E-state index contributed by atoms with van der Waals surface area (Å²) < 4.78 is 65.7. The summed E-state index contributed by atoms with van der Waals surface area (Å²) in [6.07, 6.45) is 1.55. The summed E-state index contributed by atoms with van der Waals surface area (Å²) in [6.45, 7) is 1.19. The van der Waals surface area contributed by atoms with Crippen LogP contribution in [-0.4, -0.2) is 47.5 Å². The van der Waals surface area contributed by atoms with Crippen molar-refractivity contribution in [2.75, 3.05) is 12.4 Å². The van der Waals surface area contributed by atoms with Crippen LogP contribution in [0.4, 0.5) is 13.2 Å². The molecule has 11 heteroatoms. The van der Waals surface area contributed by atoms with Crippen LogP contribution in [0.2, 0.25) is 0 Å². The highest BCUT2D eigenvalue weighted by atomic mass is 32.2. The van der Waals surface area contributed by atoms with Gasteiger partial charge in [-0.05, 0) is 80.7 Å². The topological polar surface area (TPSA) is 101 Å². The molecule has 216 valence electrons. The van der Waals surface area contributed by atoms with Crippen molar-refractivity contribution in [3.05, 3.63) is 59.4 Å². The number of carbonyl (C=O) groups is 1. The lowest BCUT2D eigenvalue weighted by Gasteiger charge is -2.30. The Morgan fingerprint density at radius 1 is 1.10 bits per heavy atom. The van der Waals surface area contributed by atoms with E-state index < -0.39 is 33.9 Å². The van der Waals surface area contributed by atoms with Gasteiger partial charge in [-0.1, -0.05) is 19.1 Å². The van der Waals surface area contributed by atoms with Crippen molar-refractivity contribution >= 4 is 26.8 Å². The minimum atomic E-state index is -4.12. The van der Waals surface area contributed by atoms with Crippen LogP contribution >= 0.6 is 0 Å². The van der Waals surface area contributed by atoms with E-state index in [4.69, 9.17) is 0 Å². The second kappa shape index (κ2) is 11.2. The first kappa shape index (κ1) is 28.6. The van der Waals surface area contributed by atoms with Gasteiger partial charge in [0.1, 0.15) is 5.65 Å². The van der Waals surface area contributed by atoms with Crippen LogP contribution in [0.15, 0.2) is 47.5 Å². The van der Waals surface area contributed by atoms with Gasteiger partial charge in [-0.2, -0.15) is 13.2 Å². The standard InChI is InChI=1S/C29H34F3N3O4S/c1-2-40(38,39)25-11-5-19(6-12-25)26(17-36)34-28(37)21-14-20-15-24(35(23-9-10-23)27(20)33-16-21)13-18-3-7-22(8-4-18)29(30,31)32/h5-6,11-12,14-16,18,22-23,26,36H,2-4,7-10,13,17H2,1H3,(H,34,37)/t18-,22-,26-/m0/s1. The molecule has 2 aliphatic carbocycles. The zero-order valence-corrected chi connectivity index (χ0v) is 23.1. The van der Waals surface area contributed by atoms with E-state index >= 15 is 0 Å². The molecule has 1 atom stereocenters. The van der Waals surface area contributed by atoms with Crippen molar-refractivity contribution in [1.82, 2.24) is 14.9 Å². The second-order valence-corrected chi connectivity index (χ2v) is 13.3. The van der Waals surface area contributed by atoms with E-state index in [0.29, 0.717) is 36.4 Å². The Morgan fingerprint density at radius 3 is 2.35 bits per heavy atom. The molecular formula is C29H34F3N3O4S. The van der Waals surface area contributed by atoms with Crippen molar-refractivity contribution in [2.24, 2.45) is 11.8 Å². The van der Waals surface area contributed by atoms with Crippen LogP contribution in [0.1, 0.15) is 79.1 Å². The number of hydrogen-bond acceptors (Lipinski definition) is 5. The molecule has 1 amide bonds. The predicted octanol–water partition coefficient (Wildman–Crippen LogP) is 5.54. The first-order chi connectivity index (χ1) is 19.0. The number of rotatable bonds is 9. The van der Waals surface area contributed by atoms with Gasteiger partial charge in [0.2, 0.25) is 0 Å². The number of fused-ring (bicyclic) bond motifs is 1. The molecule has 1 aromatic carbocycles. The van der Waals surface area contributed by atoms with E-state index in [1.54, 1.807) is 25.1 Å². The number of hydrogen-bond donors (Lipinski definition) is 2. The Balaban J connectivity index is 1.32. The molecule has 2 heterocycles. The minimum absolute atomic E-state index is 0.0225. The summed E-state index contributed by atoms with van der Waals surface area (Å²) in [4.78, 5) is 17.9. The number of aliphatic hydroxyl groups excluding tert-OH is 1. The van der Waals surface area contributed by atoms with Crippen molar-refractivity contribution in [3.63, 3.8) is 0 Å². The first-order valence-corrected chi connectivity index (χ1v) is 15.5. The lowest BCUT2D eigenvalue weighted by Crippen LogP contribution is -2.30. The second-order valence-electron chi connectivity index (χ2n) is 11.0. The van der Waals surface area contributed by atoms with Crippen LogP contribution in [0.5, 0.6) is 0 Å². The van der Waals surface area contributed by atoms with Gasteiger partial charge in [-0.3, -0.25) is 4.79 Å². The van der Waals surface area contributed by atoms with Gasteiger partial charge in [0.15, 0.2) is 9.84 Å². The maximum Gasteiger partial charge on any atom is 0.391 e. The zero-order chi connectivity index (χ0) is 28.7. The van der Waals surface area contributed by atoms with Gasteiger partial charge < -0.3 is 15.0 Å². The van der Waals surface area contributed by atoms with Crippen LogP contribution in [0, 0.1) is 11.8 Å². The first-order valence-electron chi connectivity index (χ1n) is 13.8. The fraction of sp³-hybridized carbons (Fsp3) is 0.517. The number of sulfone groups is 1. The Hall–Kier alpha value is -2.92. The molecule has 40 heavy (non-hydrogen) atoms. The van der Waals surface area contributed by atoms with E-state index in [1.807, 2.05) is 6.07 Å². The number of carbonyl (C=O) groups excluding carboxylic acids is 1. The smallest absolute Gasteiger partial charge is 0.391 e. The number of nitrogens with one attached hydrogen (secondary N) is 1. The van der Waals surface area contributed by atoms with Gasteiger partial charge in [0.05, 0.1) is 34.8 Å². The molecule has 0 bridgehead atoms. The average molecular weight is 578 g/mol. The zero-order valence-electron chi connectivity index (χ0n) is 22.3. The average Bonchev–Trinajstić information content (AvgIpc) is 3.71. The number of aromatic nitrogens is 2.